The number of likely N-dealkylation sites (N-methyl/N-ethyl adjacent to an activating group) is 1. The fraction of sp³-hybridized carbons (Fsp3) is 0.310. The Morgan fingerprint density at radius 1 is 0.865 bits per heavy atom. The molecule has 8 heteroatoms. The lowest BCUT2D eigenvalue weighted by Crippen LogP contribution is -2.52. The van der Waals surface area contributed by atoms with Gasteiger partial charge in [-0.05, 0) is 62.6 Å². The number of benzene rings is 3. The van der Waals surface area contributed by atoms with E-state index >= 15 is 0 Å². The number of amides is 2. The van der Waals surface area contributed by atoms with Crippen LogP contribution in [0.5, 0.6) is 0 Å². The van der Waals surface area contributed by atoms with Gasteiger partial charge in [0.25, 0.3) is 10.0 Å². The molecule has 0 aliphatic rings. The predicted molar refractivity (Wildman–Crippen MR) is 147 cm³/mol. The van der Waals surface area contributed by atoms with Crippen molar-refractivity contribution in [2.75, 3.05) is 17.4 Å². The molecule has 0 fully saturated rings. The molecule has 0 saturated carbocycles. The van der Waals surface area contributed by atoms with Gasteiger partial charge in [0.05, 0.1) is 10.6 Å². The zero-order valence-electron chi connectivity index (χ0n) is 21.8. The van der Waals surface area contributed by atoms with Crippen molar-refractivity contribution in [2.24, 2.45) is 0 Å². The SMILES string of the molecule is CCNC(=O)[C@@H](CC)N(Cc1ccccc1C)C(=O)CN(c1ccc(C)cc1)S(=O)(=O)c1ccccc1. The molecule has 2 amide bonds. The summed E-state index contributed by atoms with van der Waals surface area (Å²) in [6.45, 7) is 7.70. The van der Waals surface area contributed by atoms with E-state index in [0.29, 0.717) is 18.7 Å². The fourth-order valence-electron chi connectivity index (χ4n) is 4.14. The summed E-state index contributed by atoms with van der Waals surface area (Å²) in [5.74, 6) is -0.721. The maximum atomic E-state index is 13.9. The molecule has 0 aromatic heterocycles. The van der Waals surface area contributed by atoms with Crippen molar-refractivity contribution in [1.29, 1.82) is 0 Å². The maximum absolute atomic E-state index is 13.9. The Morgan fingerprint density at radius 2 is 1.49 bits per heavy atom. The molecule has 3 rings (SSSR count). The monoisotopic (exact) mass is 521 g/mol. The molecular formula is C29H35N3O4S. The van der Waals surface area contributed by atoms with E-state index in [9.17, 15) is 18.0 Å². The van der Waals surface area contributed by atoms with Crippen molar-refractivity contribution in [3.63, 3.8) is 0 Å². The molecule has 7 nitrogen and oxygen atoms in total. The number of hydrogen-bond donors (Lipinski definition) is 1. The summed E-state index contributed by atoms with van der Waals surface area (Å²) in [7, 11) is -4.05. The minimum absolute atomic E-state index is 0.0876. The Labute approximate surface area is 220 Å². The van der Waals surface area contributed by atoms with E-state index in [1.54, 1.807) is 30.3 Å². The highest BCUT2D eigenvalue weighted by atomic mass is 32.2. The first kappa shape index (κ1) is 27.9. The van der Waals surface area contributed by atoms with Crippen LogP contribution in [0.4, 0.5) is 5.69 Å². The van der Waals surface area contributed by atoms with Gasteiger partial charge in [0.15, 0.2) is 0 Å². The second kappa shape index (κ2) is 12.5. The van der Waals surface area contributed by atoms with Gasteiger partial charge in [-0.15, -0.1) is 0 Å². The minimum Gasteiger partial charge on any atom is -0.355 e. The molecule has 0 bridgehead atoms. The summed E-state index contributed by atoms with van der Waals surface area (Å²) in [6.07, 6.45) is 0.388. The van der Waals surface area contributed by atoms with E-state index in [0.717, 1.165) is 21.0 Å². The van der Waals surface area contributed by atoms with Crippen LogP contribution in [0.25, 0.3) is 0 Å². The zero-order chi connectivity index (χ0) is 27.0. The first-order valence-corrected chi connectivity index (χ1v) is 13.9. The highest BCUT2D eigenvalue weighted by molar-refractivity contribution is 7.92. The fourth-order valence-corrected chi connectivity index (χ4v) is 5.58. The summed E-state index contributed by atoms with van der Waals surface area (Å²) in [5.41, 5.74) is 3.23. The summed E-state index contributed by atoms with van der Waals surface area (Å²) in [4.78, 5) is 28.5. The lowest BCUT2D eigenvalue weighted by Gasteiger charge is -2.33. The van der Waals surface area contributed by atoms with Gasteiger partial charge < -0.3 is 10.2 Å². The Bertz CT molecular complexity index is 1310. The number of aryl methyl sites for hydroxylation is 2. The number of carbonyl (C=O) groups is 2. The van der Waals surface area contributed by atoms with Gasteiger partial charge in [0, 0.05) is 13.1 Å². The maximum Gasteiger partial charge on any atom is 0.264 e. The number of hydrogen-bond acceptors (Lipinski definition) is 4. The molecule has 0 aliphatic carbocycles. The van der Waals surface area contributed by atoms with Crippen LogP contribution in [-0.4, -0.2) is 44.3 Å². The second-order valence-electron chi connectivity index (χ2n) is 8.93. The van der Waals surface area contributed by atoms with Gasteiger partial charge in [0.1, 0.15) is 12.6 Å². The Morgan fingerprint density at radius 3 is 2.08 bits per heavy atom. The van der Waals surface area contributed by atoms with Gasteiger partial charge in [-0.1, -0.05) is 67.1 Å². The first-order chi connectivity index (χ1) is 17.7. The number of carbonyl (C=O) groups excluding carboxylic acids is 2. The summed E-state index contributed by atoms with van der Waals surface area (Å²) in [6, 6.07) is 22.0. The Hall–Kier alpha value is -3.65. The van der Waals surface area contributed by atoms with Crippen molar-refractivity contribution < 1.29 is 18.0 Å². The highest BCUT2D eigenvalue weighted by Crippen LogP contribution is 2.25. The molecular weight excluding hydrogens is 486 g/mol. The largest absolute Gasteiger partial charge is 0.355 e. The van der Waals surface area contributed by atoms with E-state index in [2.05, 4.69) is 5.32 Å². The highest BCUT2D eigenvalue weighted by Gasteiger charge is 2.33. The second-order valence-corrected chi connectivity index (χ2v) is 10.8. The summed E-state index contributed by atoms with van der Waals surface area (Å²) in [5, 5.41) is 2.81. The zero-order valence-corrected chi connectivity index (χ0v) is 22.7. The third-order valence-electron chi connectivity index (χ3n) is 6.27. The van der Waals surface area contributed by atoms with Crippen molar-refractivity contribution in [2.45, 2.75) is 51.6 Å². The van der Waals surface area contributed by atoms with Crippen LogP contribution in [0, 0.1) is 13.8 Å². The van der Waals surface area contributed by atoms with Gasteiger partial charge in [0.2, 0.25) is 11.8 Å². The molecule has 1 atom stereocenters. The number of nitrogens with zero attached hydrogens (tertiary/aromatic N) is 2. The van der Waals surface area contributed by atoms with Crippen LogP contribution in [0.3, 0.4) is 0 Å². The molecule has 3 aromatic carbocycles. The van der Waals surface area contributed by atoms with Gasteiger partial charge >= 0.3 is 0 Å². The van der Waals surface area contributed by atoms with Crippen LogP contribution in [-0.2, 0) is 26.2 Å². The molecule has 0 spiro atoms. The smallest absolute Gasteiger partial charge is 0.264 e. The van der Waals surface area contributed by atoms with Gasteiger partial charge in [-0.2, -0.15) is 0 Å². The third-order valence-corrected chi connectivity index (χ3v) is 8.06. The van der Waals surface area contributed by atoms with Crippen molar-refractivity contribution in [3.05, 3.63) is 95.6 Å². The summed E-state index contributed by atoms with van der Waals surface area (Å²) < 4.78 is 28.6. The molecule has 0 saturated heterocycles. The van der Waals surface area contributed by atoms with Crippen LogP contribution in [0.2, 0.25) is 0 Å². The lowest BCUT2D eigenvalue weighted by molar-refractivity contribution is -0.140. The molecule has 37 heavy (non-hydrogen) atoms. The Kier molecular flexibility index (Phi) is 9.47. The average Bonchev–Trinajstić information content (AvgIpc) is 2.89. The number of nitrogens with one attached hydrogen (secondary N) is 1. The number of rotatable bonds is 11. The van der Waals surface area contributed by atoms with Gasteiger partial charge in [-0.25, -0.2) is 8.42 Å². The topological polar surface area (TPSA) is 86.8 Å². The van der Waals surface area contributed by atoms with E-state index < -0.39 is 28.5 Å². The quantitative estimate of drug-likeness (QED) is 0.404. The van der Waals surface area contributed by atoms with E-state index in [1.807, 2.05) is 64.1 Å². The molecule has 3 aromatic rings. The molecule has 0 heterocycles. The van der Waals surface area contributed by atoms with Crippen LogP contribution in [0.1, 0.15) is 37.0 Å². The van der Waals surface area contributed by atoms with E-state index in [4.69, 9.17) is 0 Å². The predicted octanol–water partition coefficient (Wildman–Crippen LogP) is 4.44. The van der Waals surface area contributed by atoms with Crippen LogP contribution >= 0.6 is 0 Å². The molecule has 0 unspecified atom stereocenters. The van der Waals surface area contributed by atoms with Crippen molar-refractivity contribution in [3.8, 4) is 0 Å². The number of sulfonamides is 1. The van der Waals surface area contributed by atoms with E-state index in [1.165, 1.54) is 17.0 Å². The average molecular weight is 522 g/mol. The van der Waals surface area contributed by atoms with Crippen molar-refractivity contribution >= 4 is 27.5 Å². The van der Waals surface area contributed by atoms with E-state index in [-0.39, 0.29) is 17.3 Å². The number of anilines is 1. The van der Waals surface area contributed by atoms with Crippen LogP contribution in [0.15, 0.2) is 83.8 Å². The molecule has 1 N–H and O–H groups in total. The molecule has 0 aliphatic heterocycles. The van der Waals surface area contributed by atoms with Gasteiger partial charge in [-0.3, -0.25) is 13.9 Å². The third kappa shape index (κ3) is 6.77. The lowest BCUT2D eigenvalue weighted by atomic mass is 10.1. The standard InChI is InChI=1S/C29H35N3O4S/c1-5-27(29(34)30-6-2)31(20-24-13-11-10-12-23(24)4)28(33)21-32(25-18-16-22(3)17-19-25)37(35,36)26-14-8-7-9-15-26/h7-19,27H,5-6,20-21H2,1-4H3,(H,30,34)/t27-/m1/s1. The molecule has 196 valence electrons. The normalized spacial score (nSPS) is 12.0. The summed E-state index contributed by atoms with van der Waals surface area (Å²) >= 11 is 0. The Balaban J connectivity index is 2.05. The molecule has 0 radical (unpaired) electrons. The van der Waals surface area contributed by atoms with Crippen LogP contribution < -0.4 is 9.62 Å². The minimum atomic E-state index is -4.05. The van der Waals surface area contributed by atoms with Crippen molar-refractivity contribution in [1.82, 2.24) is 10.2 Å². The first-order valence-electron chi connectivity index (χ1n) is 12.4.